The molecule has 0 bridgehead atoms. The zero-order valence-corrected chi connectivity index (χ0v) is 12.3. The molecule has 5 heteroatoms. The molecular formula is C16H22N2O3. The van der Waals surface area contributed by atoms with Crippen LogP contribution in [0.25, 0.3) is 0 Å². The average Bonchev–Trinajstić information content (AvgIpc) is 3.17. The number of carbonyl (C=O) groups excluding carboxylic acids is 1. The van der Waals surface area contributed by atoms with E-state index in [0.717, 1.165) is 32.4 Å². The minimum Gasteiger partial charge on any atom is -0.504 e. The molecule has 2 atom stereocenters. The summed E-state index contributed by atoms with van der Waals surface area (Å²) in [5.74, 6) is 0.188. The maximum absolute atomic E-state index is 12.8. The molecule has 0 saturated carbocycles. The number of methoxy groups -OCH3 is 1. The SMILES string of the molecule is COc1cccc(C(=O)N2CCCC2C2CCCN2)c1O. The van der Waals surface area contributed by atoms with Crippen LogP contribution in [0.3, 0.4) is 0 Å². The fraction of sp³-hybridized carbons (Fsp3) is 0.562. The van der Waals surface area contributed by atoms with E-state index in [-0.39, 0.29) is 17.7 Å². The third-order valence-electron chi connectivity index (χ3n) is 4.57. The Morgan fingerprint density at radius 3 is 2.95 bits per heavy atom. The summed E-state index contributed by atoms with van der Waals surface area (Å²) in [7, 11) is 1.49. The highest BCUT2D eigenvalue weighted by molar-refractivity contribution is 5.98. The van der Waals surface area contributed by atoms with Crippen molar-refractivity contribution in [2.24, 2.45) is 0 Å². The number of likely N-dealkylation sites (tertiary alicyclic amines) is 1. The van der Waals surface area contributed by atoms with E-state index >= 15 is 0 Å². The van der Waals surface area contributed by atoms with Gasteiger partial charge >= 0.3 is 0 Å². The Bertz CT molecular complexity index is 526. The van der Waals surface area contributed by atoms with Crippen LogP contribution >= 0.6 is 0 Å². The third-order valence-corrected chi connectivity index (χ3v) is 4.57. The molecule has 2 unspecified atom stereocenters. The van der Waals surface area contributed by atoms with Gasteiger partial charge in [0.1, 0.15) is 0 Å². The van der Waals surface area contributed by atoms with Crippen molar-refractivity contribution in [3.05, 3.63) is 23.8 Å². The summed E-state index contributed by atoms with van der Waals surface area (Å²) in [5.41, 5.74) is 0.333. The highest BCUT2D eigenvalue weighted by atomic mass is 16.5. The summed E-state index contributed by atoms with van der Waals surface area (Å²) in [6.07, 6.45) is 4.36. The van der Waals surface area contributed by atoms with E-state index in [0.29, 0.717) is 17.4 Å². The number of hydrogen-bond acceptors (Lipinski definition) is 4. The molecule has 5 nitrogen and oxygen atoms in total. The van der Waals surface area contributed by atoms with E-state index in [1.165, 1.54) is 13.5 Å². The van der Waals surface area contributed by atoms with Gasteiger partial charge < -0.3 is 20.1 Å². The van der Waals surface area contributed by atoms with E-state index < -0.39 is 0 Å². The Morgan fingerprint density at radius 2 is 2.24 bits per heavy atom. The average molecular weight is 290 g/mol. The van der Waals surface area contributed by atoms with E-state index in [1.807, 2.05) is 4.90 Å². The Kier molecular flexibility index (Phi) is 4.01. The van der Waals surface area contributed by atoms with Crippen LogP contribution in [0.5, 0.6) is 11.5 Å². The number of benzene rings is 1. The minimum atomic E-state index is -0.0948. The van der Waals surface area contributed by atoms with Gasteiger partial charge in [-0.2, -0.15) is 0 Å². The maximum atomic E-state index is 12.8. The van der Waals surface area contributed by atoms with Crippen LogP contribution in [-0.2, 0) is 0 Å². The Hall–Kier alpha value is -1.75. The van der Waals surface area contributed by atoms with Crippen LogP contribution in [-0.4, -0.2) is 48.2 Å². The Balaban J connectivity index is 1.84. The van der Waals surface area contributed by atoms with Crippen LogP contribution in [0.2, 0.25) is 0 Å². The van der Waals surface area contributed by atoms with Crippen LogP contribution in [0, 0.1) is 0 Å². The molecule has 1 aromatic carbocycles. The molecule has 0 spiro atoms. The molecule has 2 heterocycles. The van der Waals surface area contributed by atoms with Gasteiger partial charge in [0.2, 0.25) is 0 Å². The molecule has 2 aliphatic rings. The van der Waals surface area contributed by atoms with Crippen LogP contribution < -0.4 is 10.1 Å². The standard InChI is InChI=1S/C16H22N2O3/c1-21-14-8-2-5-11(15(14)19)16(20)18-10-4-7-13(18)12-6-3-9-17-12/h2,5,8,12-13,17,19H,3-4,6-7,9-10H2,1H3. The number of hydrogen-bond donors (Lipinski definition) is 2. The van der Waals surface area contributed by atoms with Crippen molar-refractivity contribution in [2.75, 3.05) is 20.2 Å². The molecule has 0 aromatic heterocycles. The summed E-state index contributed by atoms with van der Waals surface area (Å²) >= 11 is 0. The number of aromatic hydroxyl groups is 1. The summed E-state index contributed by atoms with van der Waals surface area (Å²) in [6.45, 7) is 1.80. The molecule has 0 aliphatic carbocycles. The lowest BCUT2D eigenvalue weighted by Crippen LogP contribution is -2.46. The first-order chi connectivity index (χ1) is 10.2. The van der Waals surface area contributed by atoms with Gasteiger partial charge in [0.05, 0.1) is 12.7 Å². The summed E-state index contributed by atoms with van der Waals surface area (Å²) in [5, 5.41) is 13.7. The number of phenols is 1. The lowest BCUT2D eigenvalue weighted by molar-refractivity contribution is 0.0707. The predicted octanol–water partition coefficient (Wildman–Crippen LogP) is 1.76. The highest BCUT2D eigenvalue weighted by Gasteiger charge is 2.37. The molecule has 2 fully saturated rings. The number of nitrogens with one attached hydrogen (secondary N) is 1. The van der Waals surface area contributed by atoms with Crippen LogP contribution in [0.15, 0.2) is 18.2 Å². The number of phenolic OH excluding ortho intramolecular Hbond substituents is 1. The molecule has 3 rings (SSSR count). The van der Waals surface area contributed by atoms with Gasteiger partial charge in [-0.25, -0.2) is 0 Å². The van der Waals surface area contributed by atoms with Gasteiger partial charge in [-0.15, -0.1) is 0 Å². The molecule has 114 valence electrons. The highest BCUT2D eigenvalue weighted by Crippen LogP contribution is 2.33. The number of para-hydroxylation sites is 1. The van der Waals surface area contributed by atoms with Crippen LogP contribution in [0.4, 0.5) is 0 Å². The van der Waals surface area contributed by atoms with E-state index in [2.05, 4.69) is 5.32 Å². The fourth-order valence-electron chi connectivity index (χ4n) is 3.52. The molecule has 1 amide bonds. The second-order valence-electron chi connectivity index (χ2n) is 5.77. The predicted molar refractivity (Wildman–Crippen MR) is 79.7 cm³/mol. The number of ether oxygens (including phenoxy) is 1. The third kappa shape index (κ3) is 2.58. The van der Waals surface area contributed by atoms with Crippen molar-refractivity contribution in [1.29, 1.82) is 0 Å². The number of rotatable bonds is 3. The van der Waals surface area contributed by atoms with Gasteiger partial charge in [0, 0.05) is 18.6 Å². The van der Waals surface area contributed by atoms with Crippen molar-refractivity contribution in [3.63, 3.8) is 0 Å². The first kappa shape index (κ1) is 14.2. The number of amides is 1. The van der Waals surface area contributed by atoms with Crippen molar-refractivity contribution in [3.8, 4) is 11.5 Å². The van der Waals surface area contributed by atoms with Gasteiger partial charge in [-0.1, -0.05) is 6.07 Å². The normalized spacial score (nSPS) is 25.3. The first-order valence-electron chi connectivity index (χ1n) is 7.62. The molecule has 2 aliphatic heterocycles. The van der Waals surface area contributed by atoms with E-state index in [1.54, 1.807) is 18.2 Å². The van der Waals surface area contributed by atoms with Gasteiger partial charge in [0.15, 0.2) is 11.5 Å². The quantitative estimate of drug-likeness (QED) is 0.890. The van der Waals surface area contributed by atoms with Gasteiger partial charge in [-0.3, -0.25) is 4.79 Å². The molecule has 2 N–H and O–H groups in total. The van der Waals surface area contributed by atoms with E-state index in [4.69, 9.17) is 4.74 Å². The fourth-order valence-corrected chi connectivity index (χ4v) is 3.52. The monoisotopic (exact) mass is 290 g/mol. The smallest absolute Gasteiger partial charge is 0.258 e. The van der Waals surface area contributed by atoms with Gasteiger partial charge in [0.25, 0.3) is 5.91 Å². The molecule has 2 saturated heterocycles. The molecular weight excluding hydrogens is 268 g/mol. The zero-order valence-electron chi connectivity index (χ0n) is 12.3. The van der Waals surface area contributed by atoms with Crippen molar-refractivity contribution >= 4 is 5.91 Å². The summed E-state index contributed by atoms with van der Waals surface area (Å²) < 4.78 is 5.09. The largest absolute Gasteiger partial charge is 0.504 e. The maximum Gasteiger partial charge on any atom is 0.258 e. The van der Waals surface area contributed by atoms with Crippen molar-refractivity contribution in [1.82, 2.24) is 10.2 Å². The number of carbonyl (C=O) groups is 1. The van der Waals surface area contributed by atoms with Crippen molar-refractivity contribution < 1.29 is 14.6 Å². The second kappa shape index (κ2) is 5.93. The molecule has 1 aromatic rings. The topological polar surface area (TPSA) is 61.8 Å². The van der Waals surface area contributed by atoms with Crippen molar-refractivity contribution in [2.45, 2.75) is 37.8 Å². The lowest BCUT2D eigenvalue weighted by atomic mass is 10.0. The number of nitrogens with zero attached hydrogens (tertiary/aromatic N) is 1. The van der Waals surface area contributed by atoms with E-state index in [9.17, 15) is 9.90 Å². The first-order valence-corrected chi connectivity index (χ1v) is 7.62. The zero-order chi connectivity index (χ0) is 14.8. The second-order valence-corrected chi connectivity index (χ2v) is 5.77. The summed E-state index contributed by atoms with van der Waals surface area (Å²) in [6, 6.07) is 5.70. The lowest BCUT2D eigenvalue weighted by Gasteiger charge is -2.30. The Labute approximate surface area is 124 Å². The minimum absolute atomic E-state index is 0.0602. The molecule has 0 radical (unpaired) electrons. The van der Waals surface area contributed by atoms with Gasteiger partial charge in [-0.05, 0) is 44.4 Å². The van der Waals surface area contributed by atoms with Crippen LogP contribution in [0.1, 0.15) is 36.0 Å². The Morgan fingerprint density at radius 1 is 1.38 bits per heavy atom. The molecule has 21 heavy (non-hydrogen) atoms. The summed E-state index contributed by atoms with van der Waals surface area (Å²) in [4.78, 5) is 14.7.